The van der Waals surface area contributed by atoms with Crippen molar-refractivity contribution in [2.45, 2.75) is 50.5 Å². The second kappa shape index (κ2) is 4.52. The van der Waals surface area contributed by atoms with Crippen molar-refractivity contribution in [2.75, 3.05) is 14.2 Å². The molecule has 0 saturated carbocycles. The Hall–Kier alpha value is -0.130. The van der Waals surface area contributed by atoms with Crippen molar-refractivity contribution in [2.24, 2.45) is 0 Å². The van der Waals surface area contributed by atoms with E-state index in [-0.39, 0.29) is 12.2 Å². The molecule has 0 aromatic heterocycles. The number of hydrogen-bond donors (Lipinski definition) is 0. The van der Waals surface area contributed by atoms with Crippen molar-refractivity contribution in [3.8, 4) is 0 Å². The van der Waals surface area contributed by atoms with Gasteiger partial charge in [-0.05, 0) is 26.7 Å². The molecular formula is C12H19ClO4. The molecule has 4 atom stereocenters. The third-order valence-electron chi connectivity index (χ3n) is 3.73. The number of ether oxygens (including phenoxy) is 4. The Labute approximate surface area is 107 Å². The third kappa shape index (κ3) is 2.02. The predicted molar refractivity (Wildman–Crippen MR) is 63.7 cm³/mol. The highest BCUT2D eigenvalue weighted by molar-refractivity contribution is 6.30. The molecule has 0 bridgehead atoms. The van der Waals surface area contributed by atoms with Crippen LogP contribution in [0.15, 0.2) is 11.1 Å². The molecule has 2 rings (SSSR count). The van der Waals surface area contributed by atoms with E-state index in [9.17, 15) is 0 Å². The van der Waals surface area contributed by atoms with Crippen molar-refractivity contribution in [3.05, 3.63) is 11.1 Å². The Kier molecular flexibility index (Phi) is 3.54. The molecule has 0 aromatic rings. The Morgan fingerprint density at radius 3 is 2.41 bits per heavy atom. The molecule has 17 heavy (non-hydrogen) atoms. The van der Waals surface area contributed by atoms with Gasteiger partial charge in [-0.25, -0.2) is 0 Å². The van der Waals surface area contributed by atoms with Gasteiger partial charge in [0.1, 0.15) is 6.10 Å². The van der Waals surface area contributed by atoms with Crippen LogP contribution in [0.2, 0.25) is 0 Å². The Bertz CT molecular complexity index is 332. The van der Waals surface area contributed by atoms with Crippen molar-refractivity contribution < 1.29 is 18.9 Å². The van der Waals surface area contributed by atoms with Crippen LogP contribution in [0.3, 0.4) is 0 Å². The molecule has 1 aliphatic heterocycles. The first-order valence-corrected chi connectivity index (χ1v) is 6.15. The van der Waals surface area contributed by atoms with E-state index in [4.69, 9.17) is 30.5 Å². The first kappa shape index (κ1) is 13.3. The number of rotatable bonds is 2. The van der Waals surface area contributed by atoms with Gasteiger partial charge in [0.05, 0.1) is 6.10 Å². The van der Waals surface area contributed by atoms with Crippen molar-refractivity contribution in [3.63, 3.8) is 0 Å². The molecule has 0 unspecified atom stereocenters. The fraction of sp³-hybridized carbons (Fsp3) is 0.833. The highest BCUT2D eigenvalue weighted by Crippen LogP contribution is 2.44. The lowest BCUT2D eigenvalue weighted by Gasteiger charge is -2.52. The summed E-state index contributed by atoms with van der Waals surface area (Å²) >= 11 is 6.17. The van der Waals surface area contributed by atoms with Gasteiger partial charge in [0.2, 0.25) is 11.6 Å². The maximum Gasteiger partial charge on any atom is 0.220 e. The summed E-state index contributed by atoms with van der Waals surface area (Å²) in [7, 11) is 3.16. The lowest BCUT2D eigenvalue weighted by molar-refractivity contribution is -0.443. The molecule has 2 aliphatic rings. The fourth-order valence-electron chi connectivity index (χ4n) is 2.30. The van der Waals surface area contributed by atoms with Crippen LogP contribution >= 0.6 is 11.6 Å². The summed E-state index contributed by atoms with van der Waals surface area (Å²) in [5.74, 6) is -1.91. The van der Waals surface area contributed by atoms with E-state index in [1.807, 2.05) is 13.0 Å². The van der Waals surface area contributed by atoms with Gasteiger partial charge in [-0.3, -0.25) is 0 Å². The van der Waals surface area contributed by atoms with E-state index < -0.39 is 11.6 Å². The van der Waals surface area contributed by atoms with Crippen LogP contribution in [-0.4, -0.2) is 38.0 Å². The minimum Gasteiger partial charge on any atom is -0.349 e. The summed E-state index contributed by atoms with van der Waals surface area (Å²) in [6.45, 7) is 3.62. The SMILES string of the molecule is CO[C@]1(C)O[C@H]2CCC=C(Cl)[C@@H]2O[C@@]1(C)OC. The summed E-state index contributed by atoms with van der Waals surface area (Å²) in [4.78, 5) is 0. The second-order valence-corrected chi connectivity index (χ2v) is 5.10. The lowest BCUT2D eigenvalue weighted by Crippen LogP contribution is -2.65. The number of allylic oxidation sites excluding steroid dienone is 1. The van der Waals surface area contributed by atoms with Crippen molar-refractivity contribution in [1.29, 1.82) is 0 Å². The Morgan fingerprint density at radius 2 is 1.82 bits per heavy atom. The normalized spacial score (nSPS) is 46.3. The summed E-state index contributed by atoms with van der Waals surface area (Å²) in [5.41, 5.74) is 0. The van der Waals surface area contributed by atoms with Crippen LogP contribution < -0.4 is 0 Å². The van der Waals surface area contributed by atoms with E-state index in [0.29, 0.717) is 5.03 Å². The lowest BCUT2D eigenvalue weighted by atomic mass is 9.96. The molecule has 1 saturated heterocycles. The molecule has 98 valence electrons. The third-order valence-corrected chi connectivity index (χ3v) is 4.10. The zero-order valence-electron chi connectivity index (χ0n) is 10.7. The molecule has 1 aliphatic carbocycles. The van der Waals surface area contributed by atoms with Crippen LogP contribution in [0.5, 0.6) is 0 Å². The van der Waals surface area contributed by atoms with Crippen molar-refractivity contribution in [1.82, 2.24) is 0 Å². The molecule has 1 heterocycles. The zero-order chi connectivity index (χ0) is 12.7. The van der Waals surface area contributed by atoms with E-state index in [1.54, 1.807) is 21.1 Å². The zero-order valence-corrected chi connectivity index (χ0v) is 11.4. The highest BCUT2D eigenvalue weighted by Gasteiger charge is 2.57. The molecule has 0 spiro atoms. The minimum absolute atomic E-state index is 0.0827. The van der Waals surface area contributed by atoms with Gasteiger partial charge in [0.25, 0.3) is 0 Å². The number of halogens is 1. The average Bonchev–Trinajstić information content (AvgIpc) is 2.32. The van der Waals surface area contributed by atoms with Gasteiger partial charge < -0.3 is 18.9 Å². The molecule has 4 nitrogen and oxygen atoms in total. The maximum absolute atomic E-state index is 6.17. The van der Waals surface area contributed by atoms with Gasteiger partial charge in [-0.2, -0.15) is 0 Å². The monoisotopic (exact) mass is 262 g/mol. The average molecular weight is 263 g/mol. The van der Waals surface area contributed by atoms with E-state index in [0.717, 1.165) is 12.8 Å². The Morgan fingerprint density at radius 1 is 1.24 bits per heavy atom. The van der Waals surface area contributed by atoms with E-state index in [1.165, 1.54) is 0 Å². The maximum atomic E-state index is 6.17. The first-order valence-electron chi connectivity index (χ1n) is 5.77. The first-order chi connectivity index (χ1) is 7.96. The van der Waals surface area contributed by atoms with Crippen LogP contribution in [0, 0.1) is 0 Å². The molecule has 0 N–H and O–H groups in total. The number of hydrogen-bond acceptors (Lipinski definition) is 4. The number of fused-ring (bicyclic) bond motifs is 1. The molecule has 0 radical (unpaired) electrons. The molecule has 0 amide bonds. The standard InChI is InChI=1S/C12H19ClO4/c1-11(14-3)12(2,15-4)17-10-8(13)6-5-7-9(10)16-11/h6,9-10H,5,7H2,1-4H3/t9-,10-,11+,12+/m0/s1. The largest absolute Gasteiger partial charge is 0.349 e. The van der Waals surface area contributed by atoms with Gasteiger partial charge in [-0.1, -0.05) is 17.7 Å². The van der Waals surface area contributed by atoms with Gasteiger partial charge in [0, 0.05) is 19.3 Å². The van der Waals surface area contributed by atoms with Gasteiger partial charge in [0.15, 0.2) is 0 Å². The van der Waals surface area contributed by atoms with Crippen molar-refractivity contribution >= 4 is 11.6 Å². The summed E-state index contributed by atoms with van der Waals surface area (Å²) in [6, 6.07) is 0. The molecule has 5 heteroatoms. The topological polar surface area (TPSA) is 36.9 Å². The minimum atomic E-state index is -0.978. The molecular weight excluding hydrogens is 244 g/mol. The Balaban J connectivity index is 2.30. The van der Waals surface area contributed by atoms with Crippen LogP contribution in [0.25, 0.3) is 0 Å². The summed E-state index contributed by atoms with van der Waals surface area (Å²) in [5, 5.41) is 0.683. The van der Waals surface area contributed by atoms with E-state index >= 15 is 0 Å². The summed E-state index contributed by atoms with van der Waals surface area (Å²) in [6.07, 6.45) is 3.39. The highest BCUT2D eigenvalue weighted by atomic mass is 35.5. The van der Waals surface area contributed by atoms with Gasteiger partial charge >= 0.3 is 0 Å². The van der Waals surface area contributed by atoms with Gasteiger partial charge in [-0.15, -0.1) is 0 Å². The molecule has 0 aromatic carbocycles. The molecule has 1 fully saturated rings. The van der Waals surface area contributed by atoms with Crippen LogP contribution in [0.4, 0.5) is 0 Å². The number of methoxy groups -OCH3 is 2. The fourth-order valence-corrected chi connectivity index (χ4v) is 2.59. The van der Waals surface area contributed by atoms with Crippen LogP contribution in [-0.2, 0) is 18.9 Å². The quantitative estimate of drug-likeness (QED) is 0.766. The van der Waals surface area contributed by atoms with Crippen LogP contribution in [0.1, 0.15) is 26.7 Å². The second-order valence-electron chi connectivity index (χ2n) is 4.66. The van der Waals surface area contributed by atoms with E-state index in [2.05, 4.69) is 0 Å². The smallest absolute Gasteiger partial charge is 0.220 e. The predicted octanol–water partition coefficient (Wildman–Crippen LogP) is 2.41. The summed E-state index contributed by atoms with van der Waals surface area (Å²) < 4.78 is 22.8.